The van der Waals surface area contributed by atoms with Crippen LogP contribution < -0.4 is 4.74 Å². The topological polar surface area (TPSA) is 118 Å². The molecule has 4 heterocycles. The van der Waals surface area contributed by atoms with Gasteiger partial charge in [0.1, 0.15) is 16.5 Å². The van der Waals surface area contributed by atoms with E-state index in [2.05, 4.69) is 21.9 Å². The van der Waals surface area contributed by atoms with Crippen LogP contribution in [0.15, 0.2) is 48.9 Å². The fourth-order valence-corrected chi connectivity index (χ4v) is 5.62. The lowest BCUT2D eigenvalue weighted by molar-refractivity contribution is -0.145. The van der Waals surface area contributed by atoms with Crippen molar-refractivity contribution in [3.63, 3.8) is 0 Å². The average Bonchev–Trinajstić information content (AvgIpc) is 3.64. The van der Waals surface area contributed by atoms with Gasteiger partial charge in [0.15, 0.2) is 0 Å². The largest absolute Gasteiger partial charge is 0.494 e. The Hall–Kier alpha value is -4.09. The molecule has 3 aromatic heterocycles. The molecule has 1 aliphatic heterocycles. The van der Waals surface area contributed by atoms with Gasteiger partial charge >= 0.3 is 0 Å². The minimum Gasteiger partial charge on any atom is -0.494 e. The number of nitrogens with zero attached hydrogens (tertiary/aromatic N) is 4. The van der Waals surface area contributed by atoms with E-state index in [1.165, 1.54) is 16.2 Å². The Labute approximate surface area is 235 Å². The maximum Gasteiger partial charge on any atom is 0.290 e. The fraction of sp³-hybridized carbons (Fsp3) is 0.345. The van der Waals surface area contributed by atoms with Gasteiger partial charge in [-0.25, -0.2) is 9.97 Å². The highest BCUT2D eigenvalue weighted by Gasteiger charge is 2.29. The minimum atomic E-state index is -0.548. The second kappa shape index (κ2) is 12.4. The molecule has 1 N–H and O–H groups in total. The van der Waals surface area contributed by atoms with E-state index in [0.29, 0.717) is 72.9 Å². The van der Waals surface area contributed by atoms with Gasteiger partial charge in [0, 0.05) is 62.6 Å². The molecule has 1 saturated heterocycles. The Morgan fingerprint density at radius 1 is 1.02 bits per heavy atom. The molecule has 2 amide bonds. The van der Waals surface area contributed by atoms with Crippen LogP contribution in [0.2, 0.25) is 0 Å². The van der Waals surface area contributed by atoms with Gasteiger partial charge in [-0.05, 0) is 24.1 Å². The van der Waals surface area contributed by atoms with E-state index in [-0.39, 0.29) is 12.3 Å². The number of pyridine rings is 1. The molecule has 40 heavy (non-hydrogen) atoms. The molecular weight excluding hydrogens is 530 g/mol. The van der Waals surface area contributed by atoms with Crippen LogP contribution in [0.5, 0.6) is 5.75 Å². The molecule has 0 spiro atoms. The number of benzene rings is 1. The normalized spacial score (nSPS) is 13.6. The van der Waals surface area contributed by atoms with Gasteiger partial charge < -0.3 is 24.3 Å². The SMILES string of the molecule is CCCOCc1ncc(-c2ncc(OC)c3c(CC(=O)C(=O)N4CCN(C(=O)c5ccccc5)CC4)c[nH]c23)s1. The number of aromatic amines is 1. The maximum absolute atomic E-state index is 13.1. The molecule has 0 bridgehead atoms. The lowest BCUT2D eigenvalue weighted by atomic mass is 10.1. The first-order valence-corrected chi connectivity index (χ1v) is 14.0. The van der Waals surface area contributed by atoms with Gasteiger partial charge in [-0.1, -0.05) is 25.1 Å². The summed E-state index contributed by atoms with van der Waals surface area (Å²) in [5.41, 5.74) is 2.68. The van der Waals surface area contributed by atoms with Crippen LogP contribution in [0.3, 0.4) is 0 Å². The van der Waals surface area contributed by atoms with E-state index < -0.39 is 11.7 Å². The Morgan fingerprint density at radius 3 is 2.50 bits per heavy atom. The van der Waals surface area contributed by atoms with Crippen molar-refractivity contribution in [3.05, 3.63) is 65.1 Å². The maximum atomic E-state index is 13.1. The molecule has 0 unspecified atom stereocenters. The molecule has 0 saturated carbocycles. The highest BCUT2D eigenvalue weighted by Crippen LogP contribution is 2.36. The van der Waals surface area contributed by atoms with Crippen LogP contribution in [0.4, 0.5) is 0 Å². The van der Waals surface area contributed by atoms with Crippen molar-refractivity contribution in [1.29, 1.82) is 0 Å². The number of rotatable bonds is 10. The fourth-order valence-electron chi connectivity index (χ4n) is 4.76. The van der Waals surface area contributed by atoms with Crippen molar-refractivity contribution in [1.82, 2.24) is 24.8 Å². The van der Waals surface area contributed by atoms with E-state index in [1.807, 2.05) is 18.2 Å². The van der Waals surface area contributed by atoms with Crippen molar-refractivity contribution in [2.75, 3.05) is 39.9 Å². The molecule has 4 aromatic rings. The first kappa shape index (κ1) is 27.5. The number of aromatic nitrogens is 3. The Balaban J connectivity index is 1.28. The van der Waals surface area contributed by atoms with E-state index >= 15 is 0 Å². The van der Waals surface area contributed by atoms with Gasteiger partial charge in [0.25, 0.3) is 11.8 Å². The van der Waals surface area contributed by atoms with Gasteiger partial charge in [0.05, 0.1) is 30.3 Å². The molecule has 0 aliphatic carbocycles. The van der Waals surface area contributed by atoms with E-state index in [1.54, 1.807) is 42.7 Å². The first-order chi connectivity index (χ1) is 19.5. The Morgan fingerprint density at radius 2 is 1.77 bits per heavy atom. The number of H-pyrrole nitrogens is 1. The number of carbonyl (C=O) groups is 3. The number of Topliss-reactive ketones (excluding diaryl/α,β-unsaturated/α-hetero) is 1. The van der Waals surface area contributed by atoms with Crippen molar-refractivity contribution in [2.45, 2.75) is 26.4 Å². The highest BCUT2D eigenvalue weighted by atomic mass is 32.1. The summed E-state index contributed by atoms with van der Waals surface area (Å²) in [7, 11) is 1.55. The number of ether oxygens (including phenoxy) is 2. The second-order valence-corrected chi connectivity index (χ2v) is 10.6. The van der Waals surface area contributed by atoms with Crippen LogP contribution in [-0.4, -0.2) is 82.2 Å². The van der Waals surface area contributed by atoms with Crippen LogP contribution in [-0.2, 0) is 27.4 Å². The van der Waals surface area contributed by atoms with Crippen molar-refractivity contribution in [2.24, 2.45) is 0 Å². The van der Waals surface area contributed by atoms with Gasteiger partial charge in [-0.2, -0.15) is 0 Å². The molecule has 10 nitrogen and oxygen atoms in total. The van der Waals surface area contributed by atoms with Crippen LogP contribution in [0.25, 0.3) is 21.5 Å². The number of ketones is 1. The van der Waals surface area contributed by atoms with Crippen molar-refractivity contribution >= 4 is 39.8 Å². The molecule has 0 atom stereocenters. The number of methoxy groups -OCH3 is 1. The van der Waals surface area contributed by atoms with E-state index in [0.717, 1.165) is 16.3 Å². The lowest BCUT2D eigenvalue weighted by Crippen LogP contribution is -2.52. The van der Waals surface area contributed by atoms with Crippen LogP contribution in [0, 0.1) is 0 Å². The van der Waals surface area contributed by atoms with Crippen LogP contribution in [0.1, 0.15) is 34.3 Å². The third-order valence-corrected chi connectivity index (χ3v) is 7.78. The standard InChI is InChI=1S/C29H31N5O5S/c1-3-13-39-18-24-30-17-23(40-24)26-27-25(22(38-2)16-32-26)20(15-31-27)14-21(35)29(37)34-11-9-33(10-12-34)28(36)19-7-5-4-6-8-19/h4-8,15-17,31H,3,9-14,18H2,1-2H3. The molecular formula is C29H31N5O5S. The smallest absolute Gasteiger partial charge is 0.290 e. The first-order valence-electron chi connectivity index (χ1n) is 13.2. The number of carbonyl (C=O) groups excluding carboxylic acids is 3. The van der Waals surface area contributed by atoms with Gasteiger partial charge in [-0.3, -0.25) is 14.4 Å². The van der Waals surface area contributed by atoms with Crippen LogP contribution >= 0.6 is 11.3 Å². The number of fused-ring (bicyclic) bond motifs is 1. The third-order valence-electron chi connectivity index (χ3n) is 6.80. The number of piperazine rings is 1. The Bertz CT molecular complexity index is 1510. The lowest BCUT2D eigenvalue weighted by Gasteiger charge is -2.34. The minimum absolute atomic E-state index is 0.0733. The zero-order chi connectivity index (χ0) is 28.1. The Kier molecular flexibility index (Phi) is 8.51. The number of amides is 2. The van der Waals surface area contributed by atoms with E-state index in [4.69, 9.17) is 9.47 Å². The molecule has 11 heteroatoms. The predicted molar refractivity (Wildman–Crippen MR) is 151 cm³/mol. The van der Waals surface area contributed by atoms with E-state index in [9.17, 15) is 14.4 Å². The molecule has 1 fully saturated rings. The molecule has 208 valence electrons. The molecule has 5 rings (SSSR count). The quantitative estimate of drug-likeness (QED) is 0.232. The number of hydrogen-bond donors (Lipinski definition) is 1. The zero-order valence-corrected chi connectivity index (χ0v) is 23.3. The van der Waals surface area contributed by atoms with Crippen molar-refractivity contribution in [3.8, 4) is 16.3 Å². The van der Waals surface area contributed by atoms with Gasteiger partial charge in [-0.15, -0.1) is 11.3 Å². The number of thiazole rings is 1. The molecule has 1 aromatic carbocycles. The summed E-state index contributed by atoms with van der Waals surface area (Å²) in [5, 5.41) is 1.57. The summed E-state index contributed by atoms with van der Waals surface area (Å²) in [5.74, 6) is -0.624. The highest BCUT2D eigenvalue weighted by molar-refractivity contribution is 7.15. The summed E-state index contributed by atoms with van der Waals surface area (Å²) in [6, 6.07) is 9.05. The summed E-state index contributed by atoms with van der Waals surface area (Å²) in [6.45, 7) is 4.55. The molecule has 0 radical (unpaired) electrons. The molecule has 1 aliphatic rings. The van der Waals surface area contributed by atoms with Crippen molar-refractivity contribution < 1.29 is 23.9 Å². The number of hydrogen-bond acceptors (Lipinski definition) is 8. The summed E-state index contributed by atoms with van der Waals surface area (Å²) >= 11 is 1.50. The second-order valence-electron chi connectivity index (χ2n) is 9.46. The third kappa shape index (κ3) is 5.75. The van der Waals surface area contributed by atoms with Gasteiger partial charge in [0.2, 0.25) is 5.78 Å². The summed E-state index contributed by atoms with van der Waals surface area (Å²) < 4.78 is 11.2. The summed E-state index contributed by atoms with van der Waals surface area (Å²) in [6.07, 6.45) is 5.97. The number of nitrogens with one attached hydrogen (secondary N) is 1. The zero-order valence-electron chi connectivity index (χ0n) is 22.5. The predicted octanol–water partition coefficient (Wildman–Crippen LogP) is 3.72. The average molecular weight is 562 g/mol. The monoisotopic (exact) mass is 561 g/mol. The summed E-state index contributed by atoms with van der Waals surface area (Å²) in [4.78, 5) is 55.3.